The number of thiazole rings is 1. The van der Waals surface area contributed by atoms with E-state index in [1.54, 1.807) is 0 Å². The number of nitrogens with zero attached hydrogens (tertiary/aromatic N) is 3. The van der Waals surface area contributed by atoms with Crippen LogP contribution in [0.15, 0.2) is 18.2 Å². The minimum atomic E-state index is 0.111. The van der Waals surface area contributed by atoms with Crippen LogP contribution in [0.25, 0.3) is 10.2 Å². The van der Waals surface area contributed by atoms with Crippen LogP contribution in [-0.4, -0.2) is 52.4 Å². The van der Waals surface area contributed by atoms with Gasteiger partial charge in [0.1, 0.15) is 0 Å². The molecule has 0 bridgehead atoms. The monoisotopic (exact) mass is 330 g/mol. The Labute approximate surface area is 140 Å². The van der Waals surface area contributed by atoms with Crippen LogP contribution in [0.5, 0.6) is 0 Å². The predicted octanol–water partition coefficient (Wildman–Crippen LogP) is 2.58. The van der Waals surface area contributed by atoms with E-state index in [-0.39, 0.29) is 5.91 Å². The summed E-state index contributed by atoms with van der Waals surface area (Å²) in [5.74, 6) is 0.111. The lowest BCUT2D eigenvalue weighted by Crippen LogP contribution is -2.63. The van der Waals surface area contributed by atoms with Gasteiger partial charge in [0, 0.05) is 30.7 Å². The van der Waals surface area contributed by atoms with Crippen molar-refractivity contribution >= 4 is 32.6 Å². The van der Waals surface area contributed by atoms with Crippen LogP contribution in [0.2, 0.25) is 0 Å². The third kappa shape index (κ3) is 2.70. The first kappa shape index (κ1) is 14.9. The number of hydrogen-bond donors (Lipinski definition) is 1. The highest BCUT2D eigenvalue weighted by Gasteiger charge is 2.37. The largest absolute Gasteiger partial charge is 0.375 e. The Morgan fingerprint density at radius 2 is 2.17 bits per heavy atom. The topological polar surface area (TPSA) is 62.5 Å². The van der Waals surface area contributed by atoms with E-state index in [0.29, 0.717) is 22.8 Å². The fourth-order valence-corrected chi connectivity index (χ4v) is 4.47. The van der Waals surface area contributed by atoms with Gasteiger partial charge in [-0.05, 0) is 44.5 Å². The lowest BCUT2D eigenvalue weighted by molar-refractivity contribution is 0.00213. The smallest absolute Gasteiger partial charge is 0.254 e. The molecule has 5 nitrogen and oxygen atoms in total. The van der Waals surface area contributed by atoms with Crippen molar-refractivity contribution < 1.29 is 4.79 Å². The number of anilines is 1. The molecular weight excluding hydrogens is 308 g/mol. The van der Waals surface area contributed by atoms with Crippen LogP contribution in [-0.2, 0) is 0 Å². The Morgan fingerprint density at radius 3 is 2.96 bits per heavy atom. The number of nitrogen functional groups attached to an aromatic ring is 1. The van der Waals surface area contributed by atoms with Crippen molar-refractivity contribution in [1.82, 2.24) is 14.8 Å². The number of likely N-dealkylation sites (tertiary alicyclic amines) is 2. The third-order valence-corrected chi connectivity index (χ3v) is 5.99. The Balaban J connectivity index is 1.43. The summed E-state index contributed by atoms with van der Waals surface area (Å²) in [7, 11) is 0. The Kier molecular flexibility index (Phi) is 3.73. The highest BCUT2D eigenvalue weighted by atomic mass is 32.1. The van der Waals surface area contributed by atoms with Crippen LogP contribution in [0, 0.1) is 0 Å². The number of piperidine rings is 1. The molecule has 3 heterocycles. The van der Waals surface area contributed by atoms with E-state index in [1.165, 1.54) is 37.1 Å². The highest BCUT2D eigenvalue weighted by Crippen LogP contribution is 2.28. The van der Waals surface area contributed by atoms with E-state index in [0.717, 1.165) is 23.3 Å². The molecule has 4 rings (SSSR count). The molecule has 1 aromatic heterocycles. The maximum absolute atomic E-state index is 12.6. The lowest BCUT2D eigenvalue weighted by Gasteiger charge is -2.49. The molecule has 1 unspecified atom stereocenters. The first-order chi connectivity index (χ1) is 11.1. The number of fused-ring (bicyclic) bond motifs is 1. The van der Waals surface area contributed by atoms with Crippen molar-refractivity contribution in [3.05, 3.63) is 23.8 Å². The fraction of sp³-hybridized carbons (Fsp3) is 0.529. The second-order valence-electron chi connectivity index (χ2n) is 6.68. The third-order valence-electron chi connectivity index (χ3n) is 5.12. The standard InChI is InChI=1S/C17H22N4OS/c1-11-4-2-3-7-21(11)13-9-20(10-13)16(22)12-5-6-15-14(8-12)19-17(18)23-15/h5-6,8,11,13H,2-4,7,9-10H2,1H3,(H2,18,19). The molecule has 0 radical (unpaired) electrons. The predicted molar refractivity (Wildman–Crippen MR) is 93.7 cm³/mol. The summed E-state index contributed by atoms with van der Waals surface area (Å²) < 4.78 is 1.03. The van der Waals surface area contributed by atoms with E-state index in [9.17, 15) is 4.79 Å². The summed E-state index contributed by atoms with van der Waals surface area (Å²) in [6, 6.07) is 6.88. The van der Waals surface area contributed by atoms with E-state index in [1.807, 2.05) is 23.1 Å². The van der Waals surface area contributed by atoms with E-state index < -0.39 is 0 Å². The number of amides is 1. The molecule has 6 heteroatoms. The fourth-order valence-electron chi connectivity index (χ4n) is 3.75. The maximum atomic E-state index is 12.6. The number of carbonyl (C=O) groups excluding carboxylic acids is 1. The molecule has 0 saturated carbocycles. The van der Waals surface area contributed by atoms with Crippen LogP contribution < -0.4 is 5.73 Å². The van der Waals surface area contributed by atoms with Gasteiger partial charge in [0.15, 0.2) is 5.13 Å². The molecule has 2 aromatic rings. The summed E-state index contributed by atoms with van der Waals surface area (Å²) in [5, 5.41) is 0.549. The zero-order valence-electron chi connectivity index (χ0n) is 13.4. The minimum Gasteiger partial charge on any atom is -0.375 e. The molecule has 2 fully saturated rings. The first-order valence-electron chi connectivity index (χ1n) is 8.33. The van der Waals surface area contributed by atoms with Gasteiger partial charge in [-0.3, -0.25) is 9.69 Å². The van der Waals surface area contributed by atoms with Gasteiger partial charge in [0.05, 0.1) is 10.2 Å². The van der Waals surface area contributed by atoms with Gasteiger partial charge in [-0.25, -0.2) is 4.98 Å². The molecule has 0 aliphatic carbocycles. The second kappa shape index (κ2) is 5.76. The van der Waals surface area contributed by atoms with Gasteiger partial charge in [0.2, 0.25) is 0 Å². The molecule has 1 amide bonds. The molecule has 2 saturated heterocycles. The molecule has 1 aromatic carbocycles. The summed E-state index contributed by atoms with van der Waals surface area (Å²) in [6.45, 7) is 5.18. The quantitative estimate of drug-likeness (QED) is 0.919. The van der Waals surface area contributed by atoms with Crippen molar-refractivity contribution in [3.63, 3.8) is 0 Å². The molecule has 122 valence electrons. The van der Waals surface area contributed by atoms with Gasteiger partial charge >= 0.3 is 0 Å². The summed E-state index contributed by atoms with van der Waals surface area (Å²) in [4.78, 5) is 21.4. The average molecular weight is 330 g/mol. The van der Waals surface area contributed by atoms with E-state index >= 15 is 0 Å². The molecule has 2 aliphatic rings. The van der Waals surface area contributed by atoms with Crippen molar-refractivity contribution in [2.45, 2.75) is 38.3 Å². The second-order valence-corrected chi connectivity index (χ2v) is 7.74. The SMILES string of the molecule is CC1CCCCN1C1CN(C(=O)c2ccc3sc(N)nc3c2)C1. The van der Waals surface area contributed by atoms with Crippen LogP contribution >= 0.6 is 11.3 Å². The van der Waals surface area contributed by atoms with Crippen LogP contribution in [0.3, 0.4) is 0 Å². The van der Waals surface area contributed by atoms with Gasteiger partial charge in [0.25, 0.3) is 5.91 Å². The van der Waals surface area contributed by atoms with Crippen molar-refractivity contribution in [3.8, 4) is 0 Å². The summed E-state index contributed by atoms with van der Waals surface area (Å²) in [6.07, 6.45) is 3.91. The van der Waals surface area contributed by atoms with Gasteiger partial charge in [-0.1, -0.05) is 17.8 Å². The Morgan fingerprint density at radius 1 is 1.35 bits per heavy atom. The number of aromatic nitrogens is 1. The molecule has 2 aliphatic heterocycles. The molecular formula is C17H22N4OS. The maximum Gasteiger partial charge on any atom is 0.254 e. The Hall–Kier alpha value is -1.66. The minimum absolute atomic E-state index is 0.111. The van der Waals surface area contributed by atoms with Gasteiger partial charge < -0.3 is 10.6 Å². The van der Waals surface area contributed by atoms with Gasteiger partial charge in [-0.2, -0.15) is 0 Å². The molecule has 0 spiro atoms. The summed E-state index contributed by atoms with van der Waals surface area (Å²) in [5.41, 5.74) is 7.27. The zero-order chi connectivity index (χ0) is 16.0. The number of hydrogen-bond acceptors (Lipinski definition) is 5. The lowest BCUT2D eigenvalue weighted by atomic mass is 9.97. The average Bonchev–Trinajstić information content (AvgIpc) is 2.86. The zero-order valence-corrected chi connectivity index (χ0v) is 14.2. The number of carbonyl (C=O) groups is 1. The molecule has 23 heavy (non-hydrogen) atoms. The van der Waals surface area contributed by atoms with Crippen molar-refractivity contribution in [1.29, 1.82) is 0 Å². The van der Waals surface area contributed by atoms with Crippen LogP contribution in [0.4, 0.5) is 5.13 Å². The van der Waals surface area contributed by atoms with Crippen molar-refractivity contribution in [2.75, 3.05) is 25.4 Å². The highest BCUT2D eigenvalue weighted by molar-refractivity contribution is 7.22. The Bertz CT molecular complexity index is 737. The van der Waals surface area contributed by atoms with E-state index in [4.69, 9.17) is 5.73 Å². The number of benzene rings is 1. The number of rotatable bonds is 2. The normalized spacial score (nSPS) is 23.2. The summed E-state index contributed by atoms with van der Waals surface area (Å²) >= 11 is 1.46. The molecule has 2 N–H and O–H groups in total. The van der Waals surface area contributed by atoms with Crippen molar-refractivity contribution in [2.24, 2.45) is 0 Å². The number of nitrogens with two attached hydrogens (primary N) is 1. The first-order valence-corrected chi connectivity index (χ1v) is 9.14. The molecule has 1 atom stereocenters. The van der Waals surface area contributed by atoms with Crippen LogP contribution in [0.1, 0.15) is 36.5 Å². The van der Waals surface area contributed by atoms with E-state index in [2.05, 4.69) is 16.8 Å². The van der Waals surface area contributed by atoms with Gasteiger partial charge in [-0.15, -0.1) is 0 Å².